The van der Waals surface area contributed by atoms with E-state index in [1.54, 1.807) is 0 Å². The van der Waals surface area contributed by atoms with E-state index in [-0.39, 0.29) is 12.1 Å². The molecule has 6 heteroatoms. The first-order chi connectivity index (χ1) is 25.6. The van der Waals surface area contributed by atoms with Gasteiger partial charge in [0.25, 0.3) is 0 Å². The van der Waals surface area contributed by atoms with Gasteiger partial charge in [-0.2, -0.15) is 0 Å². The molecular formula is C46H31Cl3CrN2. The number of halogens is 3. The van der Waals surface area contributed by atoms with Crippen molar-refractivity contribution >= 4 is 63.1 Å². The van der Waals surface area contributed by atoms with Crippen LogP contribution in [0.1, 0.15) is 34.3 Å². The Hall–Kier alpha value is -4.72. The molecular weight excluding hydrogens is 739 g/mol. The first-order valence-electron chi connectivity index (χ1n) is 17.2. The fourth-order valence-corrected chi connectivity index (χ4v) is 8.17. The summed E-state index contributed by atoms with van der Waals surface area (Å²) in [4.78, 5) is 0. The molecule has 2 aliphatic rings. The van der Waals surface area contributed by atoms with Crippen molar-refractivity contribution in [3.8, 4) is 33.4 Å². The largest absolute Gasteiger partial charge is 0.674 e. The van der Waals surface area contributed by atoms with E-state index in [4.69, 9.17) is 35.5 Å². The number of nitrogens with zero attached hydrogens (tertiary/aromatic N) is 1. The molecule has 0 unspecified atom stereocenters. The molecule has 0 saturated carbocycles. The number of rotatable bonds is 5. The van der Waals surface area contributed by atoms with Gasteiger partial charge in [-0.15, -0.1) is 5.69 Å². The van der Waals surface area contributed by atoms with E-state index in [1.165, 1.54) is 71.6 Å². The average Bonchev–Trinajstić information content (AvgIpc) is 3.67. The van der Waals surface area contributed by atoms with Crippen molar-refractivity contribution in [3.63, 3.8) is 0 Å². The topological polar surface area (TPSA) is 26.1 Å². The van der Waals surface area contributed by atoms with Crippen molar-refractivity contribution < 1.29 is 11.4 Å². The molecule has 1 N–H and O–H groups in total. The molecule has 8 aromatic rings. The standard InChI is InChI=1S/C46H31N2.3ClH.Cr/c1-3-15-31-29(13-1)25-27-41(47-45-37-21-9-5-17-33(37)34-18-6-10-22-38(34)45)43(31)44-32-16-4-2-14-30(32)26-28-42(44)48-46-39-23-11-7-19-35(39)36-20-8-12-24-40(36)46;;;;/h1-28,45-47H;3*1H;/q-1;;;;+4/p-3. The third-order valence-electron chi connectivity index (χ3n) is 10.3. The van der Waals surface area contributed by atoms with Crippen molar-refractivity contribution in [1.29, 1.82) is 0 Å². The Morgan fingerprint density at radius 1 is 0.423 bits per heavy atom. The van der Waals surface area contributed by atoms with Crippen LogP contribution < -0.4 is 5.32 Å². The number of hydrogen-bond acceptors (Lipinski definition) is 1. The van der Waals surface area contributed by atoms with Crippen molar-refractivity contribution in [2.75, 3.05) is 5.32 Å². The van der Waals surface area contributed by atoms with E-state index in [0.717, 1.165) is 16.9 Å². The van der Waals surface area contributed by atoms with Gasteiger partial charge in [0.05, 0.1) is 6.04 Å². The normalized spacial score (nSPS) is 12.9. The minimum absolute atomic E-state index is 0.0289. The van der Waals surface area contributed by atoms with Crippen LogP contribution in [0.4, 0.5) is 11.4 Å². The van der Waals surface area contributed by atoms with Gasteiger partial charge in [0.2, 0.25) is 0 Å². The van der Waals surface area contributed by atoms with Gasteiger partial charge in [0, 0.05) is 11.3 Å². The van der Waals surface area contributed by atoms with E-state index >= 15 is 0 Å². The van der Waals surface area contributed by atoms with Gasteiger partial charge < -0.3 is 10.6 Å². The summed E-state index contributed by atoms with van der Waals surface area (Å²) >= 11 is -1.62. The summed E-state index contributed by atoms with van der Waals surface area (Å²) in [5.74, 6) is 0. The van der Waals surface area contributed by atoms with Gasteiger partial charge in [-0.05, 0) is 66.6 Å². The van der Waals surface area contributed by atoms with Crippen molar-refractivity contribution in [1.82, 2.24) is 0 Å². The maximum absolute atomic E-state index is 5.69. The van der Waals surface area contributed by atoms with Crippen LogP contribution >= 0.6 is 30.1 Å². The Morgan fingerprint density at radius 3 is 1.37 bits per heavy atom. The number of fused-ring (bicyclic) bond motifs is 8. The summed E-state index contributed by atoms with van der Waals surface area (Å²) in [6.45, 7) is 0. The fraction of sp³-hybridized carbons (Fsp3) is 0.0435. The minimum atomic E-state index is -1.62. The zero-order valence-corrected chi connectivity index (χ0v) is 31.4. The predicted molar refractivity (Wildman–Crippen MR) is 219 cm³/mol. The molecule has 0 amide bonds. The Kier molecular flexibility index (Phi) is 8.93. The molecule has 0 saturated heterocycles. The van der Waals surface area contributed by atoms with Crippen LogP contribution in [-0.4, -0.2) is 0 Å². The van der Waals surface area contributed by atoms with Gasteiger partial charge in [-0.25, -0.2) is 0 Å². The molecule has 0 radical (unpaired) electrons. The smallest absolute Gasteiger partial charge is 0.0779 e. The third-order valence-corrected chi connectivity index (χ3v) is 10.3. The Labute approximate surface area is 320 Å². The van der Waals surface area contributed by atoms with E-state index in [1.807, 2.05) is 0 Å². The molecule has 252 valence electrons. The van der Waals surface area contributed by atoms with Gasteiger partial charge >= 0.3 is 41.5 Å². The first kappa shape index (κ1) is 33.1. The summed E-state index contributed by atoms with van der Waals surface area (Å²) in [6, 6.07) is 61.5. The van der Waals surface area contributed by atoms with Gasteiger partial charge in [-0.3, -0.25) is 0 Å². The summed E-state index contributed by atoms with van der Waals surface area (Å²) in [5, 5.41) is 14.6. The van der Waals surface area contributed by atoms with Crippen molar-refractivity contribution in [2.24, 2.45) is 0 Å². The molecule has 8 aromatic carbocycles. The third kappa shape index (κ3) is 5.84. The van der Waals surface area contributed by atoms with E-state index in [9.17, 15) is 0 Å². The second kappa shape index (κ2) is 14.0. The Balaban J connectivity index is 0.000000859. The molecule has 0 spiro atoms. The number of benzene rings is 8. The zero-order chi connectivity index (χ0) is 35.2. The van der Waals surface area contributed by atoms with Crippen LogP contribution in [0.25, 0.3) is 60.2 Å². The van der Waals surface area contributed by atoms with Crippen LogP contribution in [0.3, 0.4) is 0 Å². The maximum atomic E-state index is 5.69. The van der Waals surface area contributed by atoms with Gasteiger partial charge in [0.1, 0.15) is 0 Å². The molecule has 0 bridgehead atoms. The summed E-state index contributed by atoms with van der Waals surface area (Å²) < 4.78 is 0. The predicted octanol–water partition coefficient (Wildman–Crippen LogP) is 14.7. The molecule has 0 heterocycles. The molecule has 0 atom stereocenters. The molecule has 0 fully saturated rings. The molecule has 52 heavy (non-hydrogen) atoms. The fourth-order valence-electron chi connectivity index (χ4n) is 8.17. The van der Waals surface area contributed by atoms with Crippen LogP contribution in [0, 0.1) is 0 Å². The number of nitrogens with one attached hydrogen (secondary N) is 1. The number of anilines is 1. The molecule has 0 aliphatic heterocycles. The van der Waals surface area contributed by atoms with Crippen molar-refractivity contribution in [3.05, 3.63) is 197 Å². The number of hydrogen-bond donors (Lipinski definition) is 1. The summed E-state index contributed by atoms with van der Waals surface area (Å²) in [7, 11) is 14.8. The van der Waals surface area contributed by atoms with Crippen molar-refractivity contribution in [2.45, 2.75) is 12.1 Å². The van der Waals surface area contributed by atoms with Crippen LogP contribution in [0.2, 0.25) is 0 Å². The monoisotopic (exact) mass is 768 g/mol. The average molecular weight is 770 g/mol. The van der Waals surface area contributed by atoms with Crippen LogP contribution in [-0.2, 0) is 11.4 Å². The quantitative estimate of drug-likeness (QED) is 0.185. The second-order valence-electron chi connectivity index (χ2n) is 13.0. The molecule has 10 rings (SSSR count). The first-order valence-corrected chi connectivity index (χ1v) is 22.4. The molecule has 2 aliphatic carbocycles. The summed E-state index contributed by atoms with van der Waals surface area (Å²) in [5.41, 5.74) is 14.7. The second-order valence-corrected chi connectivity index (χ2v) is 19.3. The van der Waals surface area contributed by atoms with Crippen LogP contribution in [0.15, 0.2) is 170 Å². The van der Waals surface area contributed by atoms with Crippen LogP contribution in [0.5, 0.6) is 0 Å². The Morgan fingerprint density at radius 2 is 0.827 bits per heavy atom. The maximum Gasteiger partial charge on any atom is 0.0779 e. The van der Waals surface area contributed by atoms with E-state index in [2.05, 4.69) is 175 Å². The van der Waals surface area contributed by atoms with Gasteiger partial charge in [-0.1, -0.05) is 181 Å². The van der Waals surface area contributed by atoms with E-state index < -0.39 is 11.4 Å². The molecule has 0 aromatic heterocycles. The van der Waals surface area contributed by atoms with Gasteiger partial charge in [0.15, 0.2) is 0 Å². The summed E-state index contributed by atoms with van der Waals surface area (Å²) in [6.07, 6.45) is 0. The Bertz CT molecular complexity index is 2350. The zero-order valence-electron chi connectivity index (χ0n) is 27.8. The van der Waals surface area contributed by atoms with E-state index in [0.29, 0.717) is 0 Å². The molecule has 2 nitrogen and oxygen atoms in total. The minimum Gasteiger partial charge on any atom is -0.674 e. The SMILES string of the molecule is [Cl][Cr+]([Cl])[Cl].c1ccc2c(c1)-c1ccccc1C2[N-]c1ccc2ccccc2c1-c1c(NC2c3ccccc3-c3ccccc32)ccc2ccccc12.